The summed E-state index contributed by atoms with van der Waals surface area (Å²) in [5.74, 6) is 0.124. The third-order valence-electron chi connectivity index (χ3n) is 2.47. The molecular formula is C12H19BrN2OS. The molecule has 0 spiro atoms. The van der Waals surface area contributed by atoms with Crippen molar-refractivity contribution >= 4 is 33.2 Å². The van der Waals surface area contributed by atoms with E-state index in [2.05, 4.69) is 44.9 Å². The van der Waals surface area contributed by atoms with Crippen molar-refractivity contribution in [1.82, 2.24) is 10.6 Å². The highest BCUT2D eigenvalue weighted by Crippen LogP contribution is 2.19. The second kappa shape index (κ2) is 7.84. The van der Waals surface area contributed by atoms with E-state index in [0.29, 0.717) is 6.42 Å². The summed E-state index contributed by atoms with van der Waals surface area (Å²) in [6.07, 6.45) is 1.51. The molecule has 1 heterocycles. The van der Waals surface area contributed by atoms with Gasteiger partial charge in [-0.2, -0.15) is 0 Å². The van der Waals surface area contributed by atoms with Gasteiger partial charge in [0.2, 0.25) is 5.91 Å². The molecule has 0 bridgehead atoms. The highest BCUT2D eigenvalue weighted by atomic mass is 79.9. The van der Waals surface area contributed by atoms with Crippen LogP contribution in [0.4, 0.5) is 0 Å². The predicted octanol–water partition coefficient (Wildman–Crippen LogP) is 2.91. The number of hydrogen-bond donors (Lipinski definition) is 2. The summed E-state index contributed by atoms with van der Waals surface area (Å²) in [5, 5.41) is 8.28. The minimum Gasteiger partial charge on any atom is -0.354 e. The topological polar surface area (TPSA) is 41.1 Å². The van der Waals surface area contributed by atoms with Crippen molar-refractivity contribution in [1.29, 1.82) is 0 Å². The highest BCUT2D eigenvalue weighted by Gasteiger charge is 2.04. The summed E-state index contributed by atoms with van der Waals surface area (Å²) in [6, 6.07) is 2.37. The van der Waals surface area contributed by atoms with Crippen molar-refractivity contribution in [3.8, 4) is 0 Å². The fraction of sp³-hybridized carbons (Fsp3) is 0.583. The van der Waals surface area contributed by atoms with E-state index >= 15 is 0 Å². The second-order valence-corrected chi connectivity index (χ2v) is 5.95. The third-order valence-corrected chi connectivity index (χ3v) is 4.17. The van der Waals surface area contributed by atoms with Gasteiger partial charge in [-0.3, -0.25) is 4.79 Å². The Labute approximate surface area is 115 Å². The van der Waals surface area contributed by atoms with Crippen molar-refractivity contribution in [2.45, 2.75) is 39.3 Å². The average Bonchev–Trinajstić information content (AvgIpc) is 2.70. The lowest BCUT2D eigenvalue weighted by atomic mass is 10.2. The molecule has 2 N–H and O–H groups in total. The Morgan fingerprint density at radius 3 is 2.94 bits per heavy atom. The lowest BCUT2D eigenvalue weighted by Gasteiger charge is -2.11. The van der Waals surface area contributed by atoms with Crippen molar-refractivity contribution in [3.05, 3.63) is 20.8 Å². The molecule has 1 atom stereocenters. The first-order valence-corrected chi connectivity index (χ1v) is 7.52. The normalized spacial score (nSPS) is 12.4. The first-order chi connectivity index (χ1) is 8.11. The second-order valence-electron chi connectivity index (χ2n) is 4.03. The molecule has 0 aliphatic rings. The minimum absolute atomic E-state index is 0.124. The maximum absolute atomic E-state index is 11.5. The van der Waals surface area contributed by atoms with Crippen molar-refractivity contribution in [2.24, 2.45) is 0 Å². The van der Waals surface area contributed by atoms with Crippen molar-refractivity contribution in [2.75, 3.05) is 6.54 Å². The van der Waals surface area contributed by atoms with Gasteiger partial charge in [0.05, 0.1) is 0 Å². The fourth-order valence-electron chi connectivity index (χ4n) is 1.31. The van der Waals surface area contributed by atoms with Crippen LogP contribution in [0.2, 0.25) is 0 Å². The summed E-state index contributed by atoms with van der Waals surface area (Å²) in [5.41, 5.74) is 0. The third kappa shape index (κ3) is 6.19. The summed E-state index contributed by atoms with van der Waals surface area (Å²) in [7, 11) is 0. The van der Waals surface area contributed by atoms with Crippen LogP contribution in [0, 0.1) is 0 Å². The van der Waals surface area contributed by atoms with Crippen LogP contribution in [-0.2, 0) is 11.3 Å². The molecule has 0 radical (unpaired) electrons. The molecule has 3 nitrogen and oxygen atoms in total. The van der Waals surface area contributed by atoms with Gasteiger partial charge in [-0.1, -0.05) is 6.92 Å². The van der Waals surface area contributed by atoms with Gasteiger partial charge < -0.3 is 10.6 Å². The number of carbonyl (C=O) groups excluding carboxylic acids is 1. The van der Waals surface area contributed by atoms with Crippen LogP contribution >= 0.6 is 27.3 Å². The van der Waals surface area contributed by atoms with Gasteiger partial charge in [0.25, 0.3) is 0 Å². The van der Waals surface area contributed by atoms with Crippen LogP contribution in [0.15, 0.2) is 15.9 Å². The monoisotopic (exact) mass is 318 g/mol. The lowest BCUT2D eigenvalue weighted by molar-refractivity contribution is -0.121. The molecule has 1 rings (SSSR count). The lowest BCUT2D eigenvalue weighted by Crippen LogP contribution is -2.33. The molecule has 0 aliphatic carbocycles. The fourth-order valence-corrected chi connectivity index (χ4v) is 2.73. The van der Waals surface area contributed by atoms with Crippen LogP contribution in [0.25, 0.3) is 0 Å². The highest BCUT2D eigenvalue weighted by molar-refractivity contribution is 9.10. The molecule has 1 amide bonds. The van der Waals surface area contributed by atoms with Crippen LogP contribution in [-0.4, -0.2) is 18.5 Å². The van der Waals surface area contributed by atoms with Crippen molar-refractivity contribution in [3.63, 3.8) is 0 Å². The Kier molecular flexibility index (Phi) is 6.77. The van der Waals surface area contributed by atoms with E-state index in [1.807, 2.05) is 6.92 Å². The molecule has 0 aromatic carbocycles. The van der Waals surface area contributed by atoms with Gasteiger partial charge in [0, 0.05) is 40.3 Å². The number of halogens is 1. The van der Waals surface area contributed by atoms with E-state index in [-0.39, 0.29) is 11.9 Å². The SMILES string of the molecule is CC[C@H](C)NC(=O)CCNCc1cc(Br)cs1. The Morgan fingerprint density at radius 1 is 1.59 bits per heavy atom. The first kappa shape index (κ1) is 14.7. The minimum atomic E-state index is 0.124. The number of rotatable bonds is 7. The summed E-state index contributed by atoms with van der Waals surface area (Å²) >= 11 is 5.13. The Morgan fingerprint density at radius 2 is 2.35 bits per heavy atom. The van der Waals surface area contributed by atoms with Gasteiger partial charge in [0.15, 0.2) is 0 Å². The molecule has 0 aliphatic heterocycles. The number of nitrogens with one attached hydrogen (secondary N) is 2. The van der Waals surface area contributed by atoms with Gasteiger partial charge in [-0.15, -0.1) is 11.3 Å². The zero-order valence-electron chi connectivity index (χ0n) is 10.3. The van der Waals surface area contributed by atoms with Crippen LogP contribution < -0.4 is 10.6 Å². The van der Waals surface area contributed by atoms with Gasteiger partial charge in [-0.05, 0) is 35.3 Å². The summed E-state index contributed by atoms with van der Waals surface area (Å²) in [6.45, 7) is 5.64. The molecule has 96 valence electrons. The average molecular weight is 319 g/mol. The number of amides is 1. The zero-order valence-corrected chi connectivity index (χ0v) is 12.7. The zero-order chi connectivity index (χ0) is 12.7. The predicted molar refractivity (Wildman–Crippen MR) is 76.2 cm³/mol. The molecule has 0 fully saturated rings. The first-order valence-electron chi connectivity index (χ1n) is 5.84. The maximum atomic E-state index is 11.5. The molecule has 0 saturated carbocycles. The number of thiophene rings is 1. The van der Waals surface area contributed by atoms with E-state index in [4.69, 9.17) is 0 Å². The quantitative estimate of drug-likeness (QED) is 0.759. The van der Waals surface area contributed by atoms with Gasteiger partial charge in [-0.25, -0.2) is 0 Å². The smallest absolute Gasteiger partial charge is 0.221 e. The molecule has 5 heteroatoms. The van der Waals surface area contributed by atoms with Crippen LogP contribution in [0.1, 0.15) is 31.6 Å². The Hall–Kier alpha value is -0.390. The van der Waals surface area contributed by atoms with Gasteiger partial charge in [0.1, 0.15) is 0 Å². The maximum Gasteiger partial charge on any atom is 0.221 e. The van der Waals surface area contributed by atoms with E-state index in [1.165, 1.54) is 4.88 Å². The van der Waals surface area contributed by atoms with Gasteiger partial charge >= 0.3 is 0 Å². The number of carbonyl (C=O) groups is 1. The van der Waals surface area contributed by atoms with Crippen LogP contribution in [0.3, 0.4) is 0 Å². The summed E-state index contributed by atoms with van der Waals surface area (Å²) < 4.78 is 1.12. The molecule has 1 aromatic rings. The Bertz CT molecular complexity index is 354. The standard InChI is InChI=1S/C12H19BrN2OS/c1-3-9(2)15-12(16)4-5-14-7-11-6-10(13)8-17-11/h6,8-9,14H,3-5,7H2,1-2H3,(H,15,16)/t9-/m0/s1. The van der Waals surface area contributed by atoms with E-state index in [0.717, 1.165) is 24.0 Å². The Balaban J connectivity index is 2.10. The van der Waals surface area contributed by atoms with E-state index < -0.39 is 0 Å². The van der Waals surface area contributed by atoms with E-state index in [1.54, 1.807) is 11.3 Å². The molecule has 0 unspecified atom stereocenters. The molecule has 0 saturated heterocycles. The molecule has 17 heavy (non-hydrogen) atoms. The number of hydrogen-bond acceptors (Lipinski definition) is 3. The largest absolute Gasteiger partial charge is 0.354 e. The van der Waals surface area contributed by atoms with Crippen molar-refractivity contribution < 1.29 is 4.79 Å². The van der Waals surface area contributed by atoms with E-state index in [9.17, 15) is 4.79 Å². The molecular weight excluding hydrogens is 300 g/mol. The van der Waals surface area contributed by atoms with Crippen LogP contribution in [0.5, 0.6) is 0 Å². The summed E-state index contributed by atoms with van der Waals surface area (Å²) in [4.78, 5) is 12.7. The molecule has 1 aromatic heterocycles.